The summed E-state index contributed by atoms with van der Waals surface area (Å²) in [4.78, 5) is 0. The van der Waals surface area contributed by atoms with Gasteiger partial charge in [-0.2, -0.15) is 18.3 Å². The number of hydrogen-bond donors (Lipinski definition) is 0. The molecule has 4 nitrogen and oxygen atoms in total. The van der Waals surface area contributed by atoms with Crippen LogP contribution in [0, 0.1) is 0 Å². The van der Waals surface area contributed by atoms with Crippen molar-refractivity contribution in [2.45, 2.75) is 32.7 Å². The van der Waals surface area contributed by atoms with E-state index in [-0.39, 0.29) is 34.1 Å². The van der Waals surface area contributed by atoms with Gasteiger partial charge in [0.05, 0.1) is 21.8 Å². The number of ether oxygens (including phenoxy) is 2. The van der Waals surface area contributed by atoms with E-state index in [4.69, 9.17) is 32.7 Å². The van der Waals surface area contributed by atoms with Crippen LogP contribution in [0.1, 0.15) is 25.2 Å². The molecule has 0 saturated carbocycles. The lowest BCUT2D eigenvalue weighted by Crippen LogP contribution is -2.09. The van der Waals surface area contributed by atoms with Crippen molar-refractivity contribution < 1.29 is 22.6 Å². The molecule has 0 radical (unpaired) electrons. The zero-order chi connectivity index (χ0) is 25.2. The highest BCUT2D eigenvalue weighted by Crippen LogP contribution is 2.34. The lowest BCUT2D eigenvalue weighted by molar-refractivity contribution is -0.141. The van der Waals surface area contributed by atoms with Gasteiger partial charge in [-0.1, -0.05) is 53.5 Å². The lowest BCUT2D eigenvalue weighted by Gasteiger charge is -2.13. The van der Waals surface area contributed by atoms with Gasteiger partial charge in [0.1, 0.15) is 23.8 Å². The van der Waals surface area contributed by atoms with Crippen molar-refractivity contribution >= 4 is 23.2 Å². The molecule has 0 amide bonds. The van der Waals surface area contributed by atoms with Gasteiger partial charge in [0.15, 0.2) is 5.69 Å². The van der Waals surface area contributed by atoms with Crippen molar-refractivity contribution in [3.8, 4) is 28.3 Å². The van der Waals surface area contributed by atoms with Crippen LogP contribution in [-0.4, -0.2) is 15.9 Å². The van der Waals surface area contributed by atoms with Crippen LogP contribution in [0.5, 0.6) is 11.5 Å². The van der Waals surface area contributed by atoms with E-state index in [9.17, 15) is 13.2 Å². The van der Waals surface area contributed by atoms with Crippen LogP contribution in [0.25, 0.3) is 16.8 Å². The second-order valence-electron chi connectivity index (χ2n) is 8.01. The molecule has 0 saturated heterocycles. The minimum absolute atomic E-state index is 0.0629. The van der Waals surface area contributed by atoms with E-state index in [2.05, 4.69) is 5.10 Å². The van der Waals surface area contributed by atoms with Crippen molar-refractivity contribution in [2.75, 3.05) is 0 Å². The highest BCUT2D eigenvalue weighted by Gasteiger charge is 2.35. The molecule has 0 fully saturated rings. The van der Waals surface area contributed by atoms with Crippen molar-refractivity contribution in [3.63, 3.8) is 0 Å². The number of para-hydroxylation sites is 1. The van der Waals surface area contributed by atoms with Crippen LogP contribution in [-0.2, 0) is 12.8 Å². The van der Waals surface area contributed by atoms with Crippen LogP contribution in [0.4, 0.5) is 13.2 Å². The molecule has 0 aliphatic heterocycles. The molecule has 4 aromatic rings. The van der Waals surface area contributed by atoms with Gasteiger partial charge >= 0.3 is 6.18 Å². The molecule has 0 aliphatic rings. The van der Waals surface area contributed by atoms with Gasteiger partial charge in [0.25, 0.3) is 0 Å². The van der Waals surface area contributed by atoms with Crippen LogP contribution in [0.15, 0.2) is 72.8 Å². The molecule has 0 N–H and O–H groups in total. The Morgan fingerprint density at radius 2 is 1.51 bits per heavy atom. The van der Waals surface area contributed by atoms with E-state index in [1.165, 1.54) is 12.1 Å². The molecule has 182 valence electrons. The maximum atomic E-state index is 13.4. The number of rotatable bonds is 7. The Morgan fingerprint density at radius 1 is 0.857 bits per heavy atom. The average Bonchev–Trinajstić information content (AvgIpc) is 3.22. The molecule has 0 atom stereocenters. The first-order valence-electron chi connectivity index (χ1n) is 10.7. The highest BCUT2D eigenvalue weighted by atomic mass is 35.5. The van der Waals surface area contributed by atoms with Gasteiger partial charge in [-0.3, -0.25) is 0 Å². The van der Waals surface area contributed by atoms with Crippen molar-refractivity contribution in [3.05, 3.63) is 94.2 Å². The molecular weight excluding hydrogens is 500 g/mol. The van der Waals surface area contributed by atoms with Gasteiger partial charge in [-0.05, 0) is 67.4 Å². The summed E-state index contributed by atoms with van der Waals surface area (Å²) in [5.74, 6) is 1.25. The fraction of sp³-hybridized carbons (Fsp3) is 0.192. The highest BCUT2D eigenvalue weighted by molar-refractivity contribution is 6.37. The monoisotopic (exact) mass is 520 g/mol. The number of halogens is 5. The summed E-state index contributed by atoms with van der Waals surface area (Å²) in [6, 6.07) is 20.5. The molecule has 3 aromatic carbocycles. The first-order valence-corrected chi connectivity index (χ1v) is 11.5. The van der Waals surface area contributed by atoms with Crippen LogP contribution in [0.2, 0.25) is 10.0 Å². The van der Waals surface area contributed by atoms with E-state index >= 15 is 0 Å². The third-order valence-corrected chi connectivity index (χ3v) is 5.61. The smallest absolute Gasteiger partial charge is 0.435 e. The third kappa shape index (κ3) is 5.92. The predicted molar refractivity (Wildman–Crippen MR) is 131 cm³/mol. The quantitative estimate of drug-likeness (QED) is 0.246. The minimum atomic E-state index is -4.64. The molecule has 35 heavy (non-hydrogen) atoms. The molecule has 0 bridgehead atoms. The predicted octanol–water partition coefficient (Wildman–Crippen LogP) is 8.23. The number of alkyl halides is 3. The second-order valence-corrected chi connectivity index (χ2v) is 8.82. The normalized spacial score (nSPS) is 11.7. The summed E-state index contributed by atoms with van der Waals surface area (Å²) >= 11 is 12.4. The zero-order valence-electron chi connectivity index (χ0n) is 18.8. The van der Waals surface area contributed by atoms with E-state index < -0.39 is 11.9 Å². The molecular formula is C26H21Cl2F3N2O2. The van der Waals surface area contributed by atoms with E-state index in [0.717, 1.165) is 27.6 Å². The SMILES string of the molecule is CC(C)Oc1cccc(-c2ccc(OCc3cc(C(F)(F)F)nn3-c3c(Cl)cccc3Cl)cc2)c1. The van der Waals surface area contributed by atoms with Gasteiger partial charge in [0, 0.05) is 0 Å². The molecule has 0 aliphatic carbocycles. The third-order valence-electron chi connectivity index (χ3n) is 5.00. The Labute approximate surface area is 210 Å². The number of benzene rings is 3. The first kappa shape index (κ1) is 24.9. The number of nitrogens with zero attached hydrogens (tertiary/aromatic N) is 2. The van der Waals surface area contributed by atoms with Crippen molar-refractivity contribution in [1.29, 1.82) is 0 Å². The molecule has 4 rings (SSSR count). The average molecular weight is 521 g/mol. The van der Waals surface area contributed by atoms with Gasteiger partial charge in [-0.25, -0.2) is 4.68 Å². The number of hydrogen-bond acceptors (Lipinski definition) is 3. The molecule has 1 heterocycles. The number of aromatic nitrogens is 2. The van der Waals surface area contributed by atoms with E-state index in [1.54, 1.807) is 18.2 Å². The lowest BCUT2D eigenvalue weighted by atomic mass is 10.1. The van der Waals surface area contributed by atoms with Gasteiger partial charge in [-0.15, -0.1) is 0 Å². The summed E-state index contributed by atoms with van der Waals surface area (Å²) in [6.45, 7) is 3.74. The zero-order valence-corrected chi connectivity index (χ0v) is 20.3. The fourth-order valence-corrected chi connectivity index (χ4v) is 4.03. The van der Waals surface area contributed by atoms with Crippen LogP contribution < -0.4 is 9.47 Å². The standard InChI is InChI=1S/C26H21Cl2F3N2O2/c1-16(2)35-21-6-3-5-18(13-21)17-9-11-20(12-10-17)34-15-19-14-24(26(29,30)31)32-33(19)25-22(27)7-4-8-23(25)28/h3-14,16H,15H2,1-2H3. The topological polar surface area (TPSA) is 36.3 Å². The van der Waals surface area contributed by atoms with E-state index in [1.807, 2.05) is 50.2 Å². The summed E-state index contributed by atoms with van der Waals surface area (Å²) in [6.07, 6.45) is -4.57. The molecule has 1 aromatic heterocycles. The molecule has 9 heteroatoms. The van der Waals surface area contributed by atoms with Gasteiger partial charge in [0.2, 0.25) is 0 Å². The Kier molecular flexibility index (Phi) is 7.28. The molecule has 0 unspecified atom stereocenters. The van der Waals surface area contributed by atoms with E-state index in [0.29, 0.717) is 5.75 Å². The Bertz CT molecular complexity index is 1300. The maximum Gasteiger partial charge on any atom is 0.435 e. The second kappa shape index (κ2) is 10.2. The summed E-state index contributed by atoms with van der Waals surface area (Å²) < 4.78 is 52.7. The minimum Gasteiger partial charge on any atom is -0.491 e. The Morgan fingerprint density at radius 3 is 2.14 bits per heavy atom. The van der Waals surface area contributed by atoms with Crippen molar-refractivity contribution in [2.24, 2.45) is 0 Å². The Balaban J connectivity index is 1.57. The van der Waals surface area contributed by atoms with Crippen LogP contribution in [0.3, 0.4) is 0 Å². The first-order chi connectivity index (χ1) is 16.6. The largest absolute Gasteiger partial charge is 0.491 e. The summed E-state index contributed by atoms with van der Waals surface area (Å²) in [7, 11) is 0. The van der Waals surface area contributed by atoms with Gasteiger partial charge < -0.3 is 9.47 Å². The maximum absolute atomic E-state index is 13.4. The van der Waals surface area contributed by atoms with Crippen LogP contribution >= 0.6 is 23.2 Å². The Hall–Kier alpha value is -3.16. The van der Waals surface area contributed by atoms with Crippen molar-refractivity contribution in [1.82, 2.24) is 9.78 Å². The summed E-state index contributed by atoms with van der Waals surface area (Å²) in [5.41, 5.74) is 1.15. The summed E-state index contributed by atoms with van der Waals surface area (Å²) in [5, 5.41) is 4.04. The fourth-order valence-electron chi connectivity index (χ4n) is 3.47. The molecule has 0 spiro atoms.